The van der Waals surface area contributed by atoms with Gasteiger partial charge in [-0.15, -0.1) is 4.72 Å². The van der Waals surface area contributed by atoms with Gasteiger partial charge in [-0.1, -0.05) is 6.07 Å². The van der Waals surface area contributed by atoms with Crippen LogP contribution in [-0.4, -0.2) is 37.0 Å². The number of imidazole rings is 1. The van der Waals surface area contributed by atoms with Crippen molar-refractivity contribution >= 4 is 29.6 Å². The van der Waals surface area contributed by atoms with Gasteiger partial charge in [-0.05, 0) is 60.0 Å². The maximum atomic E-state index is 12.2. The monoisotopic (exact) mass is 377 g/mol. The number of fused-ring (bicyclic) bond motifs is 1. The maximum absolute atomic E-state index is 12.2. The van der Waals surface area contributed by atoms with E-state index in [-0.39, 0.29) is 15.9 Å². The summed E-state index contributed by atoms with van der Waals surface area (Å²) in [4.78, 5) is 4.43. The Kier molecular flexibility index (Phi) is 4.95. The van der Waals surface area contributed by atoms with Gasteiger partial charge < -0.3 is 18.3 Å². The van der Waals surface area contributed by atoms with Crippen LogP contribution in [0.5, 0.6) is 0 Å². The summed E-state index contributed by atoms with van der Waals surface area (Å²) in [5.41, 5.74) is 1.96. The minimum atomic E-state index is -1.13. The van der Waals surface area contributed by atoms with Gasteiger partial charge in [0.1, 0.15) is 10.4 Å². The van der Waals surface area contributed by atoms with Crippen LogP contribution in [0.25, 0.3) is 5.65 Å². The molecule has 3 heterocycles. The van der Waals surface area contributed by atoms with E-state index in [1.54, 1.807) is 6.20 Å². The Hall–Kier alpha value is -1.06. The number of rotatable bonds is 4. The third-order valence-corrected chi connectivity index (χ3v) is 6.59. The largest absolute Gasteiger partial charge is 0.598 e. The Labute approximate surface area is 159 Å². The van der Waals surface area contributed by atoms with Crippen LogP contribution in [0.1, 0.15) is 54.2 Å². The van der Waals surface area contributed by atoms with Gasteiger partial charge in [0, 0.05) is 17.6 Å². The molecule has 0 bridgehead atoms. The molecule has 1 N–H and O–H groups in total. The topological polar surface area (TPSA) is 70.8 Å². The summed E-state index contributed by atoms with van der Waals surface area (Å²) in [7, 11) is -0.420. The molecule has 2 aromatic rings. The van der Waals surface area contributed by atoms with Gasteiger partial charge in [0.2, 0.25) is 0 Å². The summed E-state index contributed by atoms with van der Waals surface area (Å²) in [6.07, 6.45) is 3.79. The summed E-state index contributed by atoms with van der Waals surface area (Å²) >= 11 is -1.13. The highest BCUT2D eigenvalue weighted by Crippen LogP contribution is 2.36. The highest BCUT2D eigenvalue weighted by molar-refractivity contribution is 7.90. The van der Waals surface area contributed by atoms with Crippen LogP contribution in [0.4, 0.5) is 0 Å². The summed E-state index contributed by atoms with van der Waals surface area (Å²) in [5.74, 6) is 0. The summed E-state index contributed by atoms with van der Waals surface area (Å²) < 4.78 is 29.3. The first-order valence-electron chi connectivity index (χ1n) is 8.88. The van der Waals surface area contributed by atoms with E-state index in [1.807, 2.05) is 71.2 Å². The molecule has 0 aliphatic carbocycles. The highest BCUT2D eigenvalue weighted by atomic mass is 32.2. The Balaban J connectivity index is 1.83. The number of nitrogens with one attached hydrogen (secondary N) is 1. The van der Waals surface area contributed by atoms with Gasteiger partial charge in [-0.3, -0.25) is 0 Å². The van der Waals surface area contributed by atoms with Crippen molar-refractivity contribution in [3.05, 3.63) is 30.2 Å². The number of aromatic nitrogens is 2. The molecule has 1 fully saturated rings. The molecule has 142 valence electrons. The molecule has 26 heavy (non-hydrogen) atoms. The van der Waals surface area contributed by atoms with Crippen molar-refractivity contribution in [2.24, 2.45) is 0 Å². The van der Waals surface area contributed by atoms with Crippen molar-refractivity contribution in [1.82, 2.24) is 14.1 Å². The van der Waals surface area contributed by atoms with E-state index in [2.05, 4.69) is 9.71 Å². The molecule has 1 unspecified atom stereocenters. The first-order chi connectivity index (χ1) is 11.9. The molecule has 1 aliphatic heterocycles. The van der Waals surface area contributed by atoms with Crippen LogP contribution < -0.4 is 10.2 Å². The predicted molar refractivity (Wildman–Crippen MR) is 106 cm³/mol. The van der Waals surface area contributed by atoms with Gasteiger partial charge in [0.25, 0.3) is 0 Å². The quantitative estimate of drug-likeness (QED) is 0.653. The molecule has 1 aliphatic rings. The lowest BCUT2D eigenvalue weighted by atomic mass is 9.80. The first kappa shape index (κ1) is 19.7. The lowest BCUT2D eigenvalue weighted by Crippen LogP contribution is -2.41. The molecule has 0 saturated carbocycles. The molecule has 0 radical (unpaired) electrons. The lowest BCUT2D eigenvalue weighted by molar-refractivity contribution is 0.00578. The van der Waals surface area contributed by atoms with Crippen molar-refractivity contribution in [3.63, 3.8) is 0 Å². The van der Waals surface area contributed by atoms with Gasteiger partial charge in [-0.2, -0.15) is 0 Å². The molecule has 0 amide bonds. The lowest BCUT2D eigenvalue weighted by Gasteiger charge is -2.32. The fourth-order valence-electron chi connectivity index (χ4n) is 2.65. The summed E-state index contributed by atoms with van der Waals surface area (Å²) in [6.45, 7) is 14.5. The van der Waals surface area contributed by atoms with Crippen LogP contribution >= 0.6 is 0 Å². The van der Waals surface area contributed by atoms with E-state index in [0.29, 0.717) is 6.54 Å². The third kappa shape index (κ3) is 3.66. The van der Waals surface area contributed by atoms with Gasteiger partial charge in [-0.25, -0.2) is 4.98 Å². The second-order valence-corrected chi connectivity index (χ2v) is 10.8. The van der Waals surface area contributed by atoms with Crippen LogP contribution in [-0.2, 0) is 27.2 Å². The minimum Gasteiger partial charge on any atom is -0.598 e. The van der Waals surface area contributed by atoms with E-state index in [1.165, 1.54) is 0 Å². The van der Waals surface area contributed by atoms with E-state index in [0.717, 1.165) is 16.8 Å². The van der Waals surface area contributed by atoms with Crippen LogP contribution in [0.15, 0.2) is 24.5 Å². The zero-order valence-corrected chi connectivity index (χ0v) is 17.4. The van der Waals surface area contributed by atoms with E-state index >= 15 is 0 Å². The molecule has 3 rings (SSSR count). The second kappa shape index (κ2) is 6.53. The Morgan fingerprint density at radius 2 is 1.81 bits per heavy atom. The zero-order chi connectivity index (χ0) is 19.3. The zero-order valence-electron chi connectivity index (χ0n) is 16.6. The van der Waals surface area contributed by atoms with Crippen molar-refractivity contribution in [3.8, 4) is 0 Å². The molecule has 0 spiro atoms. The van der Waals surface area contributed by atoms with Crippen molar-refractivity contribution in [2.45, 2.75) is 71.0 Å². The Bertz CT molecular complexity index is 785. The molecular formula is C18H28BN3O3S. The molecule has 1 atom stereocenters. The van der Waals surface area contributed by atoms with Gasteiger partial charge in [0.15, 0.2) is 0 Å². The number of pyridine rings is 1. The summed E-state index contributed by atoms with van der Waals surface area (Å²) in [5, 5.41) is 0. The van der Waals surface area contributed by atoms with Crippen molar-refractivity contribution in [2.75, 3.05) is 0 Å². The molecule has 8 heteroatoms. The molecule has 6 nitrogen and oxygen atoms in total. The SMILES string of the molecule is CC(C)(C)[S+]([O-])NCc1cnc2ccc(B3OC(C)(C)C(C)(C)O3)cn12. The summed E-state index contributed by atoms with van der Waals surface area (Å²) in [6, 6.07) is 3.93. The minimum absolute atomic E-state index is 0.311. The van der Waals surface area contributed by atoms with Crippen LogP contribution in [0, 0.1) is 0 Å². The number of hydrogen-bond donors (Lipinski definition) is 1. The Morgan fingerprint density at radius 3 is 2.38 bits per heavy atom. The van der Waals surface area contributed by atoms with Crippen molar-refractivity contribution < 1.29 is 13.9 Å². The van der Waals surface area contributed by atoms with Gasteiger partial charge in [0.05, 0.1) is 29.6 Å². The predicted octanol–water partition coefficient (Wildman–Crippen LogP) is 2.19. The van der Waals surface area contributed by atoms with Crippen molar-refractivity contribution in [1.29, 1.82) is 0 Å². The van der Waals surface area contributed by atoms with E-state index < -0.39 is 18.5 Å². The van der Waals surface area contributed by atoms with E-state index in [4.69, 9.17) is 9.31 Å². The third-order valence-electron chi connectivity index (χ3n) is 5.07. The standard InChI is InChI=1S/C18H28BN3O3S/c1-16(2,3)26(23)21-11-14-10-20-15-9-8-13(12-22(14)15)19-24-17(4,5)18(6,7)25-19/h8-10,12,21H,11H2,1-7H3. The molecule has 2 aromatic heterocycles. The molecule has 1 saturated heterocycles. The second-order valence-electron chi connectivity index (χ2n) is 8.73. The fraction of sp³-hybridized carbons (Fsp3) is 0.611. The van der Waals surface area contributed by atoms with E-state index in [9.17, 15) is 4.55 Å². The molecular weight excluding hydrogens is 349 g/mol. The smallest absolute Gasteiger partial charge is 0.496 e. The van der Waals surface area contributed by atoms with Crippen LogP contribution in [0.3, 0.4) is 0 Å². The maximum Gasteiger partial charge on any atom is 0.496 e. The Morgan fingerprint density at radius 1 is 1.19 bits per heavy atom. The number of hydrogen-bond acceptors (Lipinski definition) is 5. The fourth-order valence-corrected chi connectivity index (χ4v) is 3.36. The first-order valence-corrected chi connectivity index (χ1v) is 10.0. The molecule has 0 aromatic carbocycles. The number of nitrogens with zero attached hydrogens (tertiary/aromatic N) is 2. The average Bonchev–Trinajstić information content (AvgIpc) is 3.01. The average molecular weight is 377 g/mol. The van der Waals surface area contributed by atoms with Crippen LogP contribution in [0.2, 0.25) is 0 Å². The highest BCUT2D eigenvalue weighted by Gasteiger charge is 2.51. The van der Waals surface area contributed by atoms with Gasteiger partial charge >= 0.3 is 7.12 Å². The normalized spacial score (nSPS) is 20.7.